The van der Waals surface area contributed by atoms with Crippen molar-refractivity contribution in [2.24, 2.45) is 5.92 Å². The first-order valence-electron chi connectivity index (χ1n) is 7.10. The number of amides is 2. The van der Waals surface area contributed by atoms with Crippen LogP contribution in [0, 0.1) is 17.6 Å². The number of anilines is 1. The maximum atomic E-state index is 13.4. The lowest BCUT2D eigenvalue weighted by molar-refractivity contribution is -0.136. The number of nitrogens with one attached hydrogen (secondary N) is 2. The third kappa shape index (κ3) is 4.51. The monoisotopic (exact) mass is 296 g/mol. The van der Waals surface area contributed by atoms with E-state index in [9.17, 15) is 18.4 Å². The molecule has 0 aromatic heterocycles. The zero-order chi connectivity index (χ0) is 15.2. The van der Waals surface area contributed by atoms with Crippen LogP contribution in [0.25, 0.3) is 0 Å². The first-order chi connectivity index (χ1) is 10.1. The number of halogens is 2. The fourth-order valence-electron chi connectivity index (χ4n) is 2.48. The van der Waals surface area contributed by atoms with Crippen LogP contribution < -0.4 is 10.6 Å². The second-order valence-corrected chi connectivity index (χ2v) is 5.29. The minimum absolute atomic E-state index is 0.214. The maximum Gasteiger partial charge on any atom is 0.313 e. The molecule has 2 amide bonds. The van der Waals surface area contributed by atoms with E-state index in [1.165, 1.54) is 6.42 Å². The molecule has 0 heterocycles. The van der Waals surface area contributed by atoms with Crippen molar-refractivity contribution in [2.75, 3.05) is 11.9 Å². The molecule has 21 heavy (non-hydrogen) atoms. The molecule has 0 unspecified atom stereocenters. The lowest BCUT2D eigenvalue weighted by Gasteiger charge is -2.21. The van der Waals surface area contributed by atoms with Crippen molar-refractivity contribution in [3.05, 3.63) is 29.8 Å². The van der Waals surface area contributed by atoms with E-state index in [1.807, 2.05) is 0 Å². The Morgan fingerprint density at radius 1 is 1.10 bits per heavy atom. The summed E-state index contributed by atoms with van der Waals surface area (Å²) in [6, 6.07) is 2.74. The van der Waals surface area contributed by atoms with Crippen molar-refractivity contribution >= 4 is 17.5 Å². The fraction of sp³-hybridized carbons (Fsp3) is 0.467. The average Bonchev–Trinajstić information content (AvgIpc) is 2.48. The molecule has 114 valence electrons. The minimum Gasteiger partial charge on any atom is -0.348 e. The largest absolute Gasteiger partial charge is 0.348 e. The van der Waals surface area contributed by atoms with Crippen LogP contribution in [0.5, 0.6) is 0 Å². The molecule has 0 bridgehead atoms. The van der Waals surface area contributed by atoms with Gasteiger partial charge in [0.25, 0.3) is 0 Å². The molecule has 1 fully saturated rings. The van der Waals surface area contributed by atoms with Gasteiger partial charge in [-0.1, -0.05) is 19.3 Å². The molecule has 0 radical (unpaired) electrons. The number of benzene rings is 1. The van der Waals surface area contributed by atoms with Crippen molar-refractivity contribution in [1.82, 2.24) is 5.32 Å². The quantitative estimate of drug-likeness (QED) is 0.842. The number of hydrogen-bond acceptors (Lipinski definition) is 2. The van der Waals surface area contributed by atoms with E-state index in [0.29, 0.717) is 18.5 Å². The predicted molar refractivity (Wildman–Crippen MR) is 74.6 cm³/mol. The summed E-state index contributed by atoms with van der Waals surface area (Å²) in [5, 5.41) is 4.69. The highest BCUT2D eigenvalue weighted by Crippen LogP contribution is 2.22. The van der Waals surface area contributed by atoms with Crippen molar-refractivity contribution in [1.29, 1.82) is 0 Å². The van der Waals surface area contributed by atoms with E-state index in [0.717, 1.165) is 37.8 Å². The van der Waals surface area contributed by atoms with E-state index in [2.05, 4.69) is 10.6 Å². The number of rotatable bonds is 3. The van der Waals surface area contributed by atoms with E-state index in [4.69, 9.17) is 0 Å². The van der Waals surface area contributed by atoms with Crippen LogP contribution in [0.2, 0.25) is 0 Å². The van der Waals surface area contributed by atoms with Crippen molar-refractivity contribution < 1.29 is 18.4 Å². The highest BCUT2D eigenvalue weighted by Gasteiger charge is 2.19. The number of hydrogen-bond donors (Lipinski definition) is 2. The van der Waals surface area contributed by atoms with Gasteiger partial charge in [-0.25, -0.2) is 8.78 Å². The summed E-state index contributed by atoms with van der Waals surface area (Å²) < 4.78 is 26.1. The van der Waals surface area contributed by atoms with Crippen molar-refractivity contribution in [2.45, 2.75) is 32.1 Å². The fourth-order valence-corrected chi connectivity index (χ4v) is 2.48. The Morgan fingerprint density at radius 2 is 1.81 bits per heavy atom. The third-order valence-corrected chi connectivity index (χ3v) is 3.66. The summed E-state index contributed by atoms with van der Waals surface area (Å²) in [5.41, 5.74) is -0.214. The van der Waals surface area contributed by atoms with Crippen LogP contribution in [-0.2, 0) is 9.59 Å². The normalized spacial score (nSPS) is 15.5. The minimum atomic E-state index is -0.948. The molecule has 1 aromatic rings. The molecule has 1 saturated carbocycles. The molecule has 1 aliphatic carbocycles. The molecule has 4 nitrogen and oxygen atoms in total. The van der Waals surface area contributed by atoms with Crippen LogP contribution in [0.1, 0.15) is 32.1 Å². The van der Waals surface area contributed by atoms with Gasteiger partial charge in [-0.3, -0.25) is 9.59 Å². The van der Waals surface area contributed by atoms with Crippen molar-refractivity contribution in [3.8, 4) is 0 Å². The molecule has 0 spiro atoms. The molecule has 1 aromatic carbocycles. The predicted octanol–water partition coefficient (Wildman–Crippen LogP) is 2.60. The molecule has 2 rings (SSSR count). The highest BCUT2D eigenvalue weighted by molar-refractivity contribution is 6.39. The Labute approximate surface area is 121 Å². The smallest absolute Gasteiger partial charge is 0.313 e. The van der Waals surface area contributed by atoms with Gasteiger partial charge in [-0.15, -0.1) is 0 Å². The van der Waals surface area contributed by atoms with Gasteiger partial charge in [0.05, 0.1) is 5.69 Å². The molecule has 6 heteroatoms. The van der Waals surface area contributed by atoms with E-state index in [1.54, 1.807) is 0 Å². The van der Waals surface area contributed by atoms with Gasteiger partial charge in [0, 0.05) is 12.6 Å². The van der Waals surface area contributed by atoms with Crippen molar-refractivity contribution in [3.63, 3.8) is 0 Å². The third-order valence-electron chi connectivity index (χ3n) is 3.66. The molecule has 0 aliphatic heterocycles. The molecular formula is C15H18F2N2O2. The SMILES string of the molecule is O=C(NCC1CCCCC1)C(=O)Nc1ccc(F)cc1F. The molecule has 0 atom stereocenters. The summed E-state index contributed by atoms with van der Waals surface area (Å²) >= 11 is 0. The number of carbonyl (C=O) groups is 2. The molecule has 2 N–H and O–H groups in total. The summed E-state index contributed by atoms with van der Waals surface area (Å²) in [4.78, 5) is 23.3. The summed E-state index contributed by atoms with van der Waals surface area (Å²) in [7, 11) is 0. The molecule has 0 saturated heterocycles. The van der Waals surface area contributed by atoms with Gasteiger partial charge in [0.1, 0.15) is 11.6 Å². The lowest BCUT2D eigenvalue weighted by Crippen LogP contribution is -2.38. The average molecular weight is 296 g/mol. The summed E-state index contributed by atoms with van der Waals surface area (Å²) in [6.07, 6.45) is 5.61. The van der Waals surface area contributed by atoms with Gasteiger partial charge in [-0.05, 0) is 30.9 Å². The Bertz CT molecular complexity index is 528. The maximum absolute atomic E-state index is 13.4. The van der Waals surface area contributed by atoms with Gasteiger partial charge in [0.15, 0.2) is 0 Å². The van der Waals surface area contributed by atoms with Gasteiger partial charge in [-0.2, -0.15) is 0 Å². The number of carbonyl (C=O) groups excluding carboxylic acids is 2. The molecule has 1 aliphatic rings. The zero-order valence-corrected chi connectivity index (χ0v) is 11.6. The summed E-state index contributed by atoms with van der Waals surface area (Å²) in [6.45, 7) is 0.457. The van der Waals surface area contributed by atoms with Gasteiger partial charge in [0.2, 0.25) is 0 Å². The van der Waals surface area contributed by atoms with E-state index >= 15 is 0 Å². The van der Waals surface area contributed by atoms with Crippen LogP contribution in [0.4, 0.5) is 14.5 Å². The topological polar surface area (TPSA) is 58.2 Å². The van der Waals surface area contributed by atoms with Crippen LogP contribution in [-0.4, -0.2) is 18.4 Å². The Balaban J connectivity index is 1.83. The van der Waals surface area contributed by atoms with Crippen LogP contribution in [0.15, 0.2) is 18.2 Å². The van der Waals surface area contributed by atoms with Crippen LogP contribution >= 0.6 is 0 Å². The Kier molecular flexibility index (Phi) is 5.25. The standard InChI is InChI=1S/C15H18F2N2O2/c16-11-6-7-13(12(17)8-11)19-15(21)14(20)18-9-10-4-2-1-3-5-10/h6-8,10H,1-5,9H2,(H,18,20)(H,19,21). The van der Waals surface area contributed by atoms with E-state index < -0.39 is 23.4 Å². The van der Waals surface area contributed by atoms with E-state index in [-0.39, 0.29) is 5.69 Å². The Hall–Kier alpha value is -1.98. The zero-order valence-electron chi connectivity index (χ0n) is 11.6. The Morgan fingerprint density at radius 3 is 2.48 bits per heavy atom. The second kappa shape index (κ2) is 7.15. The highest BCUT2D eigenvalue weighted by atomic mass is 19.1. The first kappa shape index (κ1) is 15.4. The second-order valence-electron chi connectivity index (χ2n) is 5.29. The van der Waals surface area contributed by atoms with Crippen LogP contribution in [0.3, 0.4) is 0 Å². The summed E-state index contributed by atoms with van der Waals surface area (Å²) in [5.74, 6) is -3.01. The molecular weight excluding hydrogens is 278 g/mol. The lowest BCUT2D eigenvalue weighted by atomic mass is 9.89. The van der Waals surface area contributed by atoms with Gasteiger partial charge >= 0.3 is 11.8 Å². The van der Waals surface area contributed by atoms with Gasteiger partial charge < -0.3 is 10.6 Å². The first-order valence-corrected chi connectivity index (χ1v) is 7.10.